The SMILES string of the molecule is C=CCN(Cc1cccs1)C(=O)c1ccc(C)c(S(=O)(=O)N2CCCCC2)c1. The molecule has 1 fully saturated rings. The Kier molecular flexibility index (Phi) is 6.69. The lowest BCUT2D eigenvalue weighted by Crippen LogP contribution is -2.36. The molecule has 1 aliphatic rings. The van der Waals surface area contributed by atoms with Crippen molar-refractivity contribution in [3.8, 4) is 0 Å². The van der Waals surface area contributed by atoms with Crippen LogP contribution in [-0.2, 0) is 16.6 Å². The van der Waals surface area contributed by atoms with Crippen LogP contribution < -0.4 is 0 Å². The van der Waals surface area contributed by atoms with E-state index in [1.54, 1.807) is 45.7 Å². The smallest absolute Gasteiger partial charge is 0.254 e. The summed E-state index contributed by atoms with van der Waals surface area (Å²) in [7, 11) is -3.59. The number of carbonyl (C=O) groups excluding carboxylic acids is 1. The van der Waals surface area contributed by atoms with Crippen molar-refractivity contribution in [2.75, 3.05) is 19.6 Å². The first kappa shape index (κ1) is 20.8. The molecule has 2 aromatic rings. The van der Waals surface area contributed by atoms with Crippen molar-refractivity contribution in [1.29, 1.82) is 0 Å². The minimum atomic E-state index is -3.59. The molecule has 2 heterocycles. The molecule has 0 unspecified atom stereocenters. The van der Waals surface area contributed by atoms with Crippen LogP contribution in [0.3, 0.4) is 0 Å². The van der Waals surface area contributed by atoms with Gasteiger partial charge < -0.3 is 4.90 Å². The first-order chi connectivity index (χ1) is 13.4. The number of nitrogens with zero attached hydrogens (tertiary/aromatic N) is 2. The maximum Gasteiger partial charge on any atom is 0.254 e. The Morgan fingerprint density at radius 1 is 1.25 bits per heavy atom. The minimum Gasteiger partial charge on any atom is -0.330 e. The van der Waals surface area contributed by atoms with E-state index in [2.05, 4.69) is 6.58 Å². The molecule has 1 saturated heterocycles. The largest absolute Gasteiger partial charge is 0.330 e. The standard InChI is InChI=1S/C21H26N2O3S2/c1-3-11-22(16-19-8-7-14-27-19)21(24)18-10-9-17(2)20(15-18)28(25,26)23-12-5-4-6-13-23/h3,7-10,14-15H,1,4-6,11-13,16H2,2H3. The predicted octanol–water partition coefficient (Wildman–Crippen LogP) is 4.06. The highest BCUT2D eigenvalue weighted by atomic mass is 32.2. The average Bonchev–Trinajstić information content (AvgIpc) is 3.21. The molecule has 0 atom stereocenters. The van der Waals surface area contributed by atoms with E-state index in [0.29, 0.717) is 37.3 Å². The summed E-state index contributed by atoms with van der Waals surface area (Å²) in [5.41, 5.74) is 1.05. The number of carbonyl (C=O) groups is 1. The van der Waals surface area contributed by atoms with Gasteiger partial charge in [-0.25, -0.2) is 8.42 Å². The van der Waals surface area contributed by atoms with Gasteiger partial charge in [0.05, 0.1) is 11.4 Å². The summed E-state index contributed by atoms with van der Waals surface area (Å²) in [5.74, 6) is -0.191. The molecule has 150 valence electrons. The number of amides is 1. The van der Waals surface area contributed by atoms with Gasteiger partial charge in [-0.2, -0.15) is 4.31 Å². The fraction of sp³-hybridized carbons (Fsp3) is 0.381. The Labute approximate surface area is 171 Å². The Balaban J connectivity index is 1.90. The van der Waals surface area contributed by atoms with Gasteiger partial charge in [0.15, 0.2) is 0 Å². The second-order valence-electron chi connectivity index (χ2n) is 7.00. The van der Waals surface area contributed by atoms with Crippen molar-refractivity contribution in [2.45, 2.75) is 37.6 Å². The van der Waals surface area contributed by atoms with Crippen LogP contribution in [0.1, 0.15) is 40.1 Å². The lowest BCUT2D eigenvalue weighted by Gasteiger charge is -2.27. The minimum absolute atomic E-state index is 0.191. The number of sulfonamides is 1. The van der Waals surface area contributed by atoms with Crippen LogP contribution in [0.5, 0.6) is 0 Å². The van der Waals surface area contributed by atoms with Gasteiger partial charge >= 0.3 is 0 Å². The zero-order chi connectivity index (χ0) is 20.1. The molecule has 5 nitrogen and oxygen atoms in total. The van der Waals surface area contributed by atoms with E-state index in [0.717, 1.165) is 24.1 Å². The lowest BCUT2D eigenvalue weighted by atomic mass is 10.1. The third-order valence-corrected chi connectivity index (χ3v) is 7.83. The topological polar surface area (TPSA) is 57.7 Å². The van der Waals surface area contributed by atoms with E-state index in [-0.39, 0.29) is 10.8 Å². The Hall–Kier alpha value is -1.96. The molecule has 0 aliphatic carbocycles. The molecule has 28 heavy (non-hydrogen) atoms. The van der Waals surface area contributed by atoms with Crippen LogP contribution in [0.4, 0.5) is 0 Å². The average molecular weight is 419 g/mol. The number of piperidine rings is 1. The van der Waals surface area contributed by atoms with E-state index in [9.17, 15) is 13.2 Å². The molecular formula is C21H26N2O3S2. The molecule has 7 heteroatoms. The number of hydrogen-bond acceptors (Lipinski definition) is 4. The van der Waals surface area contributed by atoms with E-state index < -0.39 is 10.0 Å². The molecule has 0 N–H and O–H groups in total. The van der Waals surface area contributed by atoms with Crippen LogP contribution >= 0.6 is 11.3 Å². The van der Waals surface area contributed by atoms with E-state index >= 15 is 0 Å². The van der Waals surface area contributed by atoms with Crippen LogP contribution in [-0.4, -0.2) is 43.2 Å². The summed E-state index contributed by atoms with van der Waals surface area (Å²) in [6.07, 6.45) is 4.50. The molecular weight excluding hydrogens is 392 g/mol. The van der Waals surface area contributed by atoms with Crippen LogP contribution in [0.15, 0.2) is 53.3 Å². The van der Waals surface area contributed by atoms with Gasteiger partial charge in [0.25, 0.3) is 5.91 Å². The van der Waals surface area contributed by atoms with Crippen molar-refractivity contribution in [3.05, 3.63) is 64.4 Å². The molecule has 1 aliphatic heterocycles. The summed E-state index contributed by atoms with van der Waals surface area (Å²) in [5, 5.41) is 1.97. The van der Waals surface area contributed by atoms with Gasteiger partial charge in [0.2, 0.25) is 10.0 Å². The Morgan fingerprint density at radius 3 is 2.64 bits per heavy atom. The highest BCUT2D eigenvalue weighted by Crippen LogP contribution is 2.25. The molecule has 0 saturated carbocycles. The maximum atomic E-state index is 13.1. The fourth-order valence-electron chi connectivity index (χ4n) is 3.40. The third-order valence-electron chi connectivity index (χ3n) is 4.93. The van der Waals surface area contributed by atoms with Gasteiger partial charge in [0.1, 0.15) is 0 Å². The zero-order valence-corrected chi connectivity index (χ0v) is 17.8. The summed E-state index contributed by atoms with van der Waals surface area (Å²) in [6, 6.07) is 8.89. The van der Waals surface area contributed by atoms with Crippen molar-refractivity contribution in [2.24, 2.45) is 0 Å². The summed E-state index contributed by atoms with van der Waals surface area (Å²) in [6.45, 7) is 7.48. The highest BCUT2D eigenvalue weighted by molar-refractivity contribution is 7.89. The Bertz CT molecular complexity index is 931. The lowest BCUT2D eigenvalue weighted by molar-refractivity contribution is 0.0764. The molecule has 0 bridgehead atoms. The first-order valence-electron chi connectivity index (χ1n) is 9.47. The third kappa shape index (κ3) is 4.54. The number of aryl methyl sites for hydroxylation is 1. The quantitative estimate of drug-likeness (QED) is 0.637. The van der Waals surface area contributed by atoms with E-state index in [4.69, 9.17) is 0 Å². The number of rotatable bonds is 7. The van der Waals surface area contributed by atoms with Crippen molar-refractivity contribution >= 4 is 27.3 Å². The van der Waals surface area contributed by atoms with Crippen molar-refractivity contribution < 1.29 is 13.2 Å². The molecule has 0 radical (unpaired) electrons. The highest BCUT2D eigenvalue weighted by Gasteiger charge is 2.28. The van der Waals surface area contributed by atoms with Gasteiger partial charge in [0, 0.05) is 30.1 Å². The van der Waals surface area contributed by atoms with Gasteiger partial charge in [-0.15, -0.1) is 17.9 Å². The zero-order valence-electron chi connectivity index (χ0n) is 16.1. The summed E-state index contributed by atoms with van der Waals surface area (Å²) in [4.78, 5) is 16.1. The van der Waals surface area contributed by atoms with Crippen molar-refractivity contribution in [3.63, 3.8) is 0 Å². The van der Waals surface area contributed by atoms with Crippen LogP contribution in [0.25, 0.3) is 0 Å². The first-order valence-corrected chi connectivity index (χ1v) is 11.8. The fourth-order valence-corrected chi connectivity index (χ4v) is 5.89. The second kappa shape index (κ2) is 9.03. The van der Waals surface area contributed by atoms with E-state index in [1.165, 1.54) is 6.07 Å². The predicted molar refractivity (Wildman–Crippen MR) is 113 cm³/mol. The van der Waals surface area contributed by atoms with Gasteiger partial charge in [-0.3, -0.25) is 4.79 Å². The molecule has 0 spiro atoms. The van der Waals surface area contributed by atoms with Crippen LogP contribution in [0.2, 0.25) is 0 Å². The number of thiophene rings is 1. The monoisotopic (exact) mass is 418 g/mol. The maximum absolute atomic E-state index is 13.1. The molecule has 3 rings (SSSR count). The number of benzene rings is 1. The summed E-state index contributed by atoms with van der Waals surface area (Å²) < 4.78 is 27.8. The van der Waals surface area contributed by atoms with Crippen molar-refractivity contribution in [1.82, 2.24) is 9.21 Å². The van der Waals surface area contributed by atoms with Gasteiger partial charge in [-0.1, -0.05) is 24.6 Å². The molecule has 1 aromatic heterocycles. The second-order valence-corrected chi connectivity index (χ2v) is 9.94. The molecule has 1 amide bonds. The number of hydrogen-bond donors (Lipinski definition) is 0. The molecule has 1 aromatic carbocycles. The van der Waals surface area contributed by atoms with Gasteiger partial charge in [-0.05, 0) is 48.9 Å². The Morgan fingerprint density at radius 2 is 2.00 bits per heavy atom. The normalized spacial score (nSPS) is 15.3. The van der Waals surface area contributed by atoms with E-state index in [1.807, 2.05) is 17.5 Å². The van der Waals surface area contributed by atoms with Crippen LogP contribution in [0, 0.1) is 6.92 Å². The summed E-state index contributed by atoms with van der Waals surface area (Å²) >= 11 is 1.59.